The second-order valence-electron chi connectivity index (χ2n) is 14.5. The van der Waals surface area contributed by atoms with E-state index in [4.69, 9.17) is 5.73 Å². The van der Waals surface area contributed by atoms with Crippen molar-refractivity contribution in [1.82, 2.24) is 20.9 Å². The van der Waals surface area contributed by atoms with Crippen LogP contribution < -0.4 is 21.7 Å². The molecule has 5 amide bonds. The maximum Gasteiger partial charge on any atom is 0.315 e. The molecule has 2 aliphatic rings. The third-order valence-corrected chi connectivity index (χ3v) is 9.15. The Kier molecular flexibility index (Phi) is 15.2. The summed E-state index contributed by atoms with van der Waals surface area (Å²) < 4.78 is 0. The SMILES string of the molecule is CCC.CCC(C)CC(NC(=O)C1CCCN1C(=O)C(NC(=O)NC1(Cc2ccccc2O)CCCCC1)C(C)(C)C)C(=O)C(N)=O. The van der Waals surface area contributed by atoms with Gasteiger partial charge in [0.15, 0.2) is 0 Å². The van der Waals surface area contributed by atoms with E-state index in [0.717, 1.165) is 44.1 Å². The van der Waals surface area contributed by atoms with Gasteiger partial charge in [-0.2, -0.15) is 0 Å². The number of phenolic OH excluding ortho intramolecular Hbond substituents is 1. The molecule has 0 radical (unpaired) electrons. The summed E-state index contributed by atoms with van der Waals surface area (Å²) in [7, 11) is 0. The van der Waals surface area contributed by atoms with Crippen LogP contribution in [-0.4, -0.2) is 69.8 Å². The number of para-hydroxylation sites is 1. The number of nitrogens with zero attached hydrogens (tertiary/aromatic N) is 1. The van der Waals surface area contributed by atoms with Crippen LogP contribution in [-0.2, 0) is 25.6 Å². The smallest absolute Gasteiger partial charge is 0.315 e. The highest BCUT2D eigenvalue weighted by Crippen LogP contribution is 2.34. The number of ketones is 1. The molecule has 1 heterocycles. The highest BCUT2D eigenvalue weighted by Gasteiger charge is 2.44. The first kappa shape index (κ1) is 39.5. The number of hydrogen-bond acceptors (Lipinski definition) is 6. The highest BCUT2D eigenvalue weighted by molar-refractivity contribution is 6.37. The molecule has 1 saturated carbocycles. The lowest BCUT2D eigenvalue weighted by Gasteiger charge is -2.40. The lowest BCUT2D eigenvalue weighted by atomic mass is 9.77. The summed E-state index contributed by atoms with van der Waals surface area (Å²) in [5.41, 5.74) is 4.76. The van der Waals surface area contributed by atoms with Crippen molar-refractivity contribution in [2.75, 3.05) is 6.54 Å². The summed E-state index contributed by atoms with van der Waals surface area (Å²) in [5, 5.41) is 19.2. The number of Topliss-reactive ketones (excluding diaryl/α,β-unsaturated/α-hetero) is 1. The van der Waals surface area contributed by atoms with Crippen molar-refractivity contribution in [3.63, 3.8) is 0 Å². The van der Waals surface area contributed by atoms with Gasteiger partial charge in [0, 0.05) is 12.1 Å². The monoisotopic (exact) mass is 657 g/mol. The first-order valence-corrected chi connectivity index (χ1v) is 17.4. The first-order chi connectivity index (χ1) is 22.1. The van der Waals surface area contributed by atoms with Crippen molar-refractivity contribution >= 4 is 29.5 Å². The fourth-order valence-corrected chi connectivity index (χ4v) is 6.37. The maximum absolute atomic E-state index is 14.0. The first-order valence-electron chi connectivity index (χ1n) is 17.4. The molecule has 1 saturated heterocycles. The van der Waals surface area contributed by atoms with Crippen molar-refractivity contribution in [1.29, 1.82) is 0 Å². The van der Waals surface area contributed by atoms with Crippen LogP contribution in [0.15, 0.2) is 24.3 Å². The number of amides is 5. The van der Waals surface area contributed by atoms with Gasteiger partial charge < -0.3 is 31.7 Å². The van der Waals surface area contributed by atoms with Crippen molar-refractivity contribution < 1.29 is 29.1 Å². The molecule has 0 spiro atoms. The summed E-state index contributed by atoms with van der Waals surface area (Å²) in [6.45, 7) is 14.0. The fraction of sp³-hybridized carbons (Fsp3) is 0.694. The quantitative estimate of drug-likeness (QED) is 0.203. The number of rotatable bonds is 12. The number of benzene rings is 1. The predicted molar refractivity (Wildman–Crippen MR) is 183 cm³/mol. The van der Waals surface area contributed by atoms with Gasteiger partial charge in [-0.05, 0) is 61.5 Å². The van der Waals surface area contributed by atoms with Crippen LogP contribution in [0.5, 0.6) is 5.75 Å². The average molecular weight is 658 g/mol. The second-order valence-corrected chi connectivity index (χ2v) is 14.5. The van der Waals surface area contributed by atoms with Gasteiger partial charge in [0.2, 0.25) is 17.6 Å². The van der Waals surface area contributed by atoms with E-state index in [0.29, 0.717) is 25.8 Å². The Balaban J connectivity index is 0.00000246. The molecule has 1 aromatic rings. The summed E-state index contributed by atoms with van der Waals surface area (Å²) in [6.07, 6.45) is 8.15. The fourth-order valence-electron chi connectivity index (χ4n) is 6.37. The molecular formula is C36H59N5O6. The predicted octanol–water partition coefficient (Wildman–Crippen LogP) is 4.73. The van der Waals surface area contributed by atoms with E-state index >= 15 is 0 Å². The van der Waals surface area contributed by atoms with E-state index in [1.54, 1.807) is 12.1 Å². The van der Waals surface area contributed by atoms with E-state index < -0.39 is 52.7 Å². The minimum absolute atomic E-state index is 0.0659. The molecule has 264 valence electrons. The largest absolute Gasteiger partial charge is 0.508 e. The molecule has 2 fully saturated rings. The van der Waals surface area contributed by atoms with Gasteiger partial charge in [-0.15, -0.1) is 0 Å². The summed E-state index contributed by atoms with van der Waals surface area (Å²) in [6, 6.07) is 3.79. The van der Waals surface area contributed by atoms with Crippen molar-refractivity contribution in [3.05, 3.63) is 29.8 Å². The Morgan fingerprint density at radius 1 is 1.00 bits per heavy atom. The molecule has 0 bridgehead atoms. The van der Waals surface area contributed by atoms with Crippen LogP contribution in [0.2, 0.25) is 0 Å². The Hall–Kier alpha value is -3.63. The van der Waals surface area contributed by atoms with Gasteiger partial charge in [-0.25, -0.2) is 4.79 Å². The number of nitrogens with one attached hydrogen (secondary N) is 3. The van der Waals surface area contributed by atoms with Gasteiger partial charge in [-0.1, -0.05) is 98.8 Å². The zero-order chi connectivity index (χ0) is 35.4. The van der Waals surface area contributed by atoms with Crippen molar-refractivity contribution in [2.45, 2.75) is 143 Å². The highest BCUT2D eigenvalue weighted by atomic mass is 16.3. The third-order valence-electron chi connectivity index (χ3n) is 9.15. The summed E-state index contributed by atoms with van der Waals surface area (Å²) in [5.74, 6) is -2.62. The van der Waals surface area contributed by atoms with Crippen LogP contribution in [0.4, 0.5) is 4.79 Å². The maximum atomic E-state index is 14.0. The van der Waals surface area contributed by atoms with E-state index in [2.05, 4.69) is 29.8 Å². The number of likely N-dealkylation sites (tertiary alicyclic amines) is 1. The van der Waals surface area contributed by atoms with Crippen LogP contribution in [0, 0.1) is 11.3 Å². The normalized spacial score (nSPS) is 19.3. The lowest BCUT2D eigenvalue weighted by Crippen LogP contribution is -2.62. The number of urea groups is 1. The zero-order valence-corrected chi connectivity index (χ0v) is 29.6. The lowest BCUT2D eigenvalue weighted by molar-refractivity contribution is -0.143. The standard InChI is InChI=1S/C33H51N5O6.C3H8/c1-6-21(2)19-23(26(40)28(34)41)35-29(42)24-14-12-18-38(24)30(43)27(32(3,4)5)36-31(44)37-33(16-10-7-11-17-33)20-22-13-8-9-15-25(22)39;1-3-2/h8-9,13,15,21,23-24,27,39H,6-7,10-12,14,16-20H2,1-5H3,(H2,34,41)(H,35,42)(H2,36,37,44);3H2,1-2H3. The van der Waals surface area contributed by atoms with E-state index in [1.807, 2.05) is 46.8 Å². The molecule has 4 unspecified atom stereocenters. The van der Waals surface area contributed by atoms with Gasteiger partial charge in [-0.3, -0.25) is 19.2 Å². The Morgan fingerprint density at radius 3 is 2.17 bits per heavy atom. The number of aromatic hydroxyl groups is 1. The van der Waals surface area contributed by atoms with E-state index in [-0.39, 0.29) is 24.0 Å². The average Bonchev–Trinajstić information content (AvgIpc) is 3.50. The molecule has 47 heavy (non-hydrogen) atoms. The van der Waals surface area contributed by atoms with Gasteiger partial charge in [0.05, 0.1) is 6.04 Å². The Labute approximate surface area is 281 Å². The second kappa shape index (κ2) is 18.1. The molecule has 1 aromatic carbocycles. The van der Waals surface area contributed by atoms with Crippen LogP contribution in [0.1, 0.15) is 118 Å². The number of phenols is 1. The summed E-state index contributed by atoms with van der Waals surface area (Å²) in [4.78, 5) is 66.7. The molecule has 6 N–H and O–H groups in total. The molecule has 4 atom stereocenters. The molecule has 1 aliphatic heterocycles. The van der Waals surface area contributed by atoms with Crippen LogP contribution in [0.3, 0.4) is 0 Å². The van der Waals surface area contributed by atoms with E-state index in [1.165, 1.54) is 11.3 Å². The Bertz CT molecular complexity index is 1220. The summed E-state index contributed by atoms with van der Waals surface area (Å²) >= 11 is 0. The number of primary amides is 1. The molecular weight excluding hydrogens is 598 g/mol. The van der Waals surface area contributed by atoms with Gasteiger partial charge >= 0.3 is 6.03 Å². The number of nitrogens with two attached hydrogens (primary N) is 1. The molecule has 11 heteroatoms. The zero-order valence-electron chi connectivity index (χ0n) is 29.6. The number of carbonyl (C=O) groups is 5. The minimum atomic E-state index is -1.11. The van der Waals surface area contributed by atoms with Crippen molar-refractivity contribution in [2.24, 2.45) is 17.1 Å². The topological polar surface area (TPSA) is 171 Å². The molecule has 3 rings (SSSR count). The number of hydrogen-bond donors (Lipinski definition) is 5. The third kappa shape index (κ3) is 11.5. The van der Waals surface area contributed by atoms with Crippen LogP contribution in [0.25, 0.3) is 0 Å². The van der Waals surface area contributed by atoms with Crippen LogP contribution >= 0.6 is 0 Å². The minimum Gasteiger partial charge on any atom is -0.508 e. The van der Waals surface area contributed by atoms with Crippen molar-refractivity contribution in [3.8, 4) is 5.75 Å². The molecule has 11 nitrogen and oxygen atoms in total. The van der Waals surface area contributed by atoms with Gasteiger partial charge in [0.25, 0.3) is 5.91 Å². The van der Waals surface area contributed by atoms with E-state index in [9.17, 15) is 29.1 Å². The Morgan fingerprint density at radius 2 is 1.62 bits per heavy atom. The molecule has 1 aliphatic carbocycles. The number of carbonyl (C=O) groups excluding carboxylic acids is 5. The molecule has 0 aromatic heterocycles. The van der Waals surface area contributed by atoms with Gasteiger partial charge in [0.1, 0.15) is 17.8 Å².